The lowest BCUT2D eigenvalue weighted by atomic mass is 9.80. The molecule has 1 aromatic carbocycles. The number of hydrogen-bond donors (Lipinski definition) is 0. The van der Waals surface area contributed by atoms with Crippen molar-refractivity contribution in [3.63, 3.8) is 0 Å². The molecule has 0 saturated heterocycles. The fourth-order valence-corrected chi connectivity index (χ4v) is 3.52. The van der Waals surface area contributed by atoms with Gasteiger partial charge in [0.25, 0.3) is 0 Å². The maximum atomic E-state index is 2.95. The van der Waals surface area contributed by atoms with Gasteiger partial charge in [0.05, 0.1) is 0 Å². The van der Waals surface area contributed by atoms with Gasteiger partial charge in [0.2, 0.25) is 0 Å². The highest BCUT2D eigenvalue weighted by molar-refractivity contribution is 7.27. The lowest BCUT2D eigenvalue weighted by molar-refractivity contribution is 0.589. The van der Waals surface area contributed by atoms with Crippen LogP contribution in [0, 0.1) is 20.8 Å². The third kappa shape index (κ3) is 2.63. The van der Waals surface area contributed by atoms with Crippen LogP contribution in [0.15, 0.2) is 6.08 Å². The van der Waals surface area contributed by atoms with E-state index in [0.717, 1.165) is 0 Å². The van der Waals surface area contributed by atoms with Crippen LogP contribution in [0.2, 0.25) is 0 Å². The molecule has 0 spiro atoms. The summed E-state index contributed by atoms with van der Waals surface area (Å²) in [4.78, 5) is 0. The molecule has 0 nitrogen and oxygen atoms in total. The van der Waals surface area contributed by atoms with E-state index in [9.17, 15) is 0 Å². The van der Waals surface area contributed by atoms with Crippen LogP contribution in [0.25, 0.3) is 6.08 Å². The van der Waals surface area contributed by atoms with Crippen LogP contribution >= 0.6 is 9.24 Å². The van der Waals surface area contributed by atoms with E-state index < -0.39 is 0 Å². The average Bonchev–Trinajstić information content (AvgIpc) is 2.19. The molecule has 94 valence electrons. The summed E-state index contributed by atoms with van der Waals surface area (Å²) in [6, 6.07) is 0. The second-order valence-electron chi connectivity index (χ2n) is 5.83. The third-order valence-corrected chi connectivity index (χ3v) is 4.15. The lowest BCUT2D eigenvalue weighted by Crippen LogP contribution is -2.24. The molecular formula is C16H25P. The summed E-state index contributed by atoms with van der Waals surface area (Å²) in [6.45, 7) is 15.6. The summed E-state index contributed by atoms with van der Waals surface area (Å²) >= 11 is 0. The maximum absolute atomic E-state index is 2.95. The fourth-order valence-electron chi connectivity index (χ4n) is 2.56. The molecular weight excluding hydrogens is 223 g/mol. The van der Waals surface area contributed by atoms with Crippen molar-refractivity contribution in [2.24, 2.45) is 0 Å². The Kier molecular flexibility index (Phi) is 4.20. The van der Waals surface area contributed by atoms with Crippen LogP contribution in [-0.4, -0.2) is 0 Å². The van der Waals surface area contributed by atoms with Crippen molar-refractivity contribution in [2.45, 2.75) is 53.9 Å². The van der Waals surface area contributed by atoms with E-state index >= 15 is 0 Å². The predicted molar refractivity (Wildman–Crippen MR) is 83.4 cm³/mol. The number of benzene rings is 1. The Morgan fingerprint density at radius 2 is 1.47 bits per heavy atom. The van der Waals surface area contributed by atoms with E-state index in [2.05, 4.69) is 69.9 Å². The van der Waals surface area contributed by atoms with Gasteiger partial charge in [0.15, 0.2) is 0 Å². The molecule has 1 unspecified atom stereocenters. The van der Waals surface area contributed by atoms with Gasteiger partial charge in [-0.15, -0.1) is 9.24 Å². The van der Waals surface area contributed by atoms with E-state index in [1.54, 1.807) is 0 Å². The molecule has 0 amide bonds. The molecule has 0 aromatic heterocycles. The zero-order valence-electron chi connectivity index (χ0n) is 12.2. The molecule has 1 rings (SSSR count). The van der Waals surface area contributed by atoms with Gasteiger partial charge < -0.3 is 0 Å². The zero-order chi connectivity index (χ0) is 13.4. The summed E-state index contributed by atoms with van der Waals surface area (Å²) in [6.07, 6.45) is 4.34. The molecule has 1 aromatic rings. The first-order valence-corrected chi connectivity index (χ1v) is 6.82. The molecule has 1 heteroatoms. The SMILES string of the molecule is C/C=C/c1c(C)c(C)c(C)c(C(C)(C)C)c1P. The topological polar surface area (TPSA) is 0 Å². The Labute approximate surface area is 109 Å². The van der Waals surface area contributed by atoms with Crippen LogP contribution in [0.5, 0.6) is 0 Å². The first kappa shape index (κ1) is 14.5. The Morgan fingerprint density at radius 1 is 0.941 bits per heavy atom. The van der Waals surface area contributed by atoms with Crippen molar-refractivity contribution in [3.05, 3.63) is 33.9 Å². The van der Waals surface area contributed by atoms with Gasteiger partial charge in [-0.25, -0.2) is 0 Å². The standard InChI is InChI=1S/C16H25P/c1-8-9-13-11(3)10(2)12(4)14(15(13)17)16(5,6)7/h8-9H,17H2,1-7H3/b9-8+. The van der Waals surface area contributed by atoms with E-state index in [-0.39, 0.29) is 5.41 Å². The quantitative estimate of drug-likeness (QED) is 0.644. The van der Waals surface area contributed by atoms with Gasteiger partial charge in [0.1, 0.15) is 0 Å². The summed E-state index contributed by atoms with van der Waals surface area (Å²) < 4.78 is 0. The van der Waals surface area contributed by atoms with Gasteiger partial charge in [-0.05, 0) is 66.2 Å². The summed E-state index contributed by atoms with van der Waals surface area (Å²) in [5, 5.41) is 1.36. The summed E-state index contributed by atoms with van der Waals surface area (Å²) in [5.41, 5.74) is 7.29. The Hall–Kier alpha value is -0.610. The van der Waals surface area contributed by atoms with Gasteiger partial charge in [0, 0.05) is 0 Å². The van der Waals surface area contributed by atoms with Crippen molar-refractivity contribution < 1.29 is 0 Å². The van der Waals surface area contributed by atoms with E-state index in [1.807, 2.05) is 0 Å². The zero-order valence-corrected chi connectivity index (χ0v) is 13.4. The van der Waals surface area contributed by atoms with Crippen LogP contribution in [0.1, 0.15) is 55.5 Å². The Morgan fingerprint density at radius 3 is 1.88 bits per heavy atom. The number of rotatable bonds is 1. The summed E-state index contributed by atoms with van der Waals surface area (Å²) in [5.74, 6) is 0. The molecule has 0 fully saturated rings. The lowest BCUT2D eigenvalue weighted by Gasteiger charge is -2.28. The van der Waals surface area contributed by atoms with Crippen molar-refractivity contribution in [3.8, 4) is 0 Å². The molecule has 0 radical (unpaired) electrons. The maximum Gasteiger partial charge on any atom is -0.0123 e. The minimum absolute atomic E-state index is 0.190. The second kappa shape index (κ2) is 4.94. The number of hydrogen-bond acceptors (Lipinski definition) is 0. The van der Waals surface area contributed by atoms with Crippen LogP contribution in [0.3, 0.4) is 0 Å². The van der Waals surface area contributed by atoms with E-state index in [0.29, 0.717) is 0 Å². The fraction of sp³-hybridized carbons (Fsp3) is 0.500. The highest BCUT2D eigenvalue weighted by Crippen LogP contribution is 2.31. The van der Waals surface area contributed by atoms with Crippen LogP contribution in [0.4, 0.5) is 0 Å². The van der Waals surface area contributed by atoms with Gasteiger partial charge in [-0.3, -0.25) is 0 Å². The van der Waals surface area contributed by atoms with Crippen molar-refractivity contribution in [1.29, 1.82) is 0 Å². The minimum atomic E-state index is 0.190. The molecule has 17 heavy (non-hydrogen) atoms. The Balaban J connectivity index is 3.74. The van der Waals surface area contributed by atoms with E-state index in [1.165, 1.54) is 33.1 Å². The average molecular weight is 248 g/mol. The van der Waals surface area contributed by atoms with Crippen molar-refractivity contribution >= 4 is 20.6 Å². The highest BCUT2D eigenvalue weighted by atomic mass is 31.0. The van der Waals surface area contributed by atoms with Crippen molar-refractivity contribution in [2.75, 3.05) is 0 Å². The van der Waals surface area contributed by atoms with Gasteiger partial charge in [-0.2, -0.15) is 0 Å². The molecule has 0 saturated carbocycles. The van der Waals surface area contributed by atoms with Crippen LogP contribution < -0.4 is 5.30 Å². The highest BCUT2D eigenvalue weighted by Gasteiger charge is 2.22. The first-order valence-electron chi connectivity index (χ1n) is 6.24. The molecule has 0 aliphatic carbocycles. The summed E-state index contributed by atoms with van der Waals surface area (Å²) in [7, 11) is 2.95. The molecule has 0 aliphatic rings. The normalized spacial score (nSPS) is 12.5. The monoisotopic (exact) mass is 248 g/mol. The molecule has 0 aliphatic heterocycles. The minimum Gasteiger partial charge on any atom is -0.105 e. The molecule has 0 N–H and O–H groups in total. The molecule has 0 bridgehead atoms. The number of allylic oxidation sites excluding steroid dienone is 1. The van der Waals surface area contributed by atoms with E-state index in [4.69, 9.17) is 0 Å². The van der Waals surface area contributed by atoms with Gasteiger partial charge in [-0.1, -0.05) is 32.9 Å². The van der Waals surface area contributed by atoms with Crippen LogP contribution in [-0.2, 0) is 5.41 Å². The Bertz CT molecular complexity index is 460. The van der Waals surface area contributed by atoms with Crippen molar-refractivity contribution in [1.82, 2.24) is 0 Å². The first-order chi connectivity index (χ1) is 7.71. The smallest absolute Gasteiger partial charge is 0.0123 e. The van der Waals surface area contributed by atoms with Gasteiger partial charge >= 0.3 is 0 Å². The third-order valence-electron chi connectivity index (χ3n) is 3.55. The second-order valence-corrected chi connectivity index (χ2v) is 6.40. The molecule has 0 heterocycles. The molecule has 1 atom stereocenters. The predicted octanol–water partition coefficient (Wildman–Crippen LogP) is 4.44. The largest absolute Gasteiger partial charge is 0.105 e.